The number of hydrogen-bond acceptors (Lipinski definition) is 3. The fourth-order valence-electron chi connectivity index (χ4n) is 8.86. The van der Waals surface area contributed by atoms with E-state index >= 15 is 0 Å². The lowest BCUT2D eigenvalue weighted by molar-refractivity contribution is -0.123. The van der Waals surface area contributed by atoms with E-state index in [1.54, 1.807) is 6.08 Å². The third-order valence-corrected chi connectivity index (χ3v) is 13.3. The molecule has 1 amide bonds. The highest BCUT2D eigenvalue weighted by Crippen LogP contribution is 2.17. The zero-order chi connectivity index (χ0) is 46.3. The molecule has 0 rings (SSSR count). The Bertz CT molecular complexity index is 1020. The SMILES string of the molecule is CCCCC/C=C/CC/C=C/CC/C=C/C(O)C(CO)NC(=O)CCCCCCCCCCCCCCCCCCC/C=C\CCCCCCCCCCCCCCCCCCCC. The van der Waals surface area contributed by atoms with Crippen molar-refractivity contribution < 1.29 is 15.0 Å². The van der Waals surface area contributed by atoms with E-state index in [1.807, 2.05) is 6.08 Å². The largest absolute Gasteiger partial charge is 0.394 e. The molecule has 0 radical (unpaired) electrons. The minimum atomic E-state index is -0.869. The Morgan fingerprint density at radius 3 is 0.938 bits per heavy atom. The van der Waals surface area contributed by atoms with Gasteiger partial charge in [-0.15, -0.1) is 0 Å². The van der Waals surface area contributed by atoms with Crippen molar-refractivity contribution in [2.24, 2.45) is 0 Å². The Balaban J connectivity index is 3.40. The highest BCUT2D eigenvalue weighted by molar-refractivity contribution is 5.76. The van der Waals surface area contributed by atoms with Crippen molar-refractivity contribution in [3.05, 3.63) is 48.6 Å². The maximum absolute atomic E-state index is 12.4. The predicted molar refractivity (Wildman–Crippen MR) is 285 cm³/mol. The molecule has 0 spiro atoms. The average Bonchev–Trinajstić information content (AvgIpc) is 3.30. The second-order valence-corrected chi connectivity index (χ2v) is 19.7. The zero-order valence-corrected chi connectivity index (χ0v) is 43.3. The van der Waals surface area contributed by atoms with Crippen molar-refractivity contribution in [3.63, 3.8) is 0 Å². The molecule has 0 aliphatic carbocycles. The van der Waals surface area contributed by atoms with Crippen molar-refractivity contribution >= 4 is 5.91 Å². The number of aliphatic hydroxyl groups excluding tert-OH is 2. The van der Waals surface area contributed by atoms with E-state index in [2.05, 4.69) is 55.6 Å². The number of amides is 1. The lowest BCUT2D eigenvalue weighted by atomic mass is 10.0. The molecule has 0 aromatic carbocycles. The Morgan fingerprint density at radius 2 is 0.609 bits per heavy atom. The molecule has 3 N–H and O–H groups in total. The van der Waals surface area contributed by atoms with E-state index in [9.17, 15) is 15.0 Å². The fourth-order valence-corrected chi connectivity index (χ4v) is 8.86. The summed E-state index contributed by atoms with van der Waals surface area (Å²) in [5, 5.41) is 23.0. The van der Waals surface area contributed by atoms with Gasteiger partial charge in [-0.05, 0) is 70.6 Å². The van der Waals surface area contributed by atoms with Crippen LogP contribution in [0.2, 0.25) is 0 Å². The second-order valence-electron chi connectivity index (χ2n) is 19.7. The highest BCUT2D eigenvalue weighted by atomic mass is 16.3. The molecule has 2 atom stereocenters. The summed E-state index contributed by atoms with van der Waals surface area (Å²) in [5.74, 6) is -0.0759. The summed E-state index contributed by atoms with van der Waals surface area (Å²) >= 11 is 0. The van der Waals surface area contributed by atoms with Crippen LogP contribution in [0.5, 0.6) is 0 Å². The van der Waals surface area contributed by atoms with Gasteiger partial charge in [0.25, 0.3) is 0 Å². The van der Waals surface area contributed by atoms with E-state index in [0.717, 1.165) is 38.5 Å². The first-order chi connectivity index (χ1) is 31.7. The monoisotopic (exact) mass is 896 g/mol. The molecule has 2 unspecified atom stereocenters. The summed E-state index contributed by atoms with van der Waals surface area (Å²) < 4.78 is 0. The van der Waals surface area contributed by atoms with Crippen molar-refractivity contribution in [1.82, 2.24) is 5.32 Å². The molecule has 0 heterocycles. The molecule has 0 aliphatic heterocycles. The van der Waals surface area contributed by atoms with Crippen molar-refractivity contribution in [1.29, 1.82) is 0 Å². The van der Waals surface area contributed by atoms with Gasteiger partial charge in [0.15, 0.2) is 0 Å². The van der Waals surface area contributed by atoms with Gasteiger partial charge >= 0.3 is 0 Å². The van der Waals surface area contributed by atoms with Crippen LogP contribution in [0.3, 0.4) is 0 Å². The summed E-state index contributed by atoms with van der Waals surface area (Å²) in [4.78, 5) is 12.4. The minimum absolute atomic E-state index is 0.0759. The minimum Gasteiger partial charge on any atom is -0.394 e. The van der Waals surface area contributed by atoms with Gasteiger partial charge in [0, 0.05) is 6.42 Å². The Hall–Kier alpha value is -1.65. The molecule has 4 nitrogen and oxygen atoms in total. The molecule has 64 heavy (non-hydrogen) atoms. The quantitative estimate of drug-likeness (QED) is 0.0421. The van der Waals surface area contributed by atoms with Gasteiger partial charge in [-0.25, -0.2) is 0 Å². The van der Waals surface area contributed by atoms with E-state index in [1.165, 1.54) is 250 Å². The summed E-state index contributed by atoms with van der Waals surface area (Å²) in [6.45, 7) is 4.28. The van der Waals surface area contributed by atoms with Gasteiger partial charge in [-0.1, -0.05) is 281 Å². The predicted octanol–water partition coefficient (Wildman–Crippen LogP) is 19.0. The Labute approximate surface area is 401 Å². The number of unbranched alkanes of at least 4 members (excludes halogenated alkanes) is 40. The normalized spacial score (nSPS) is 13.1. The molecule has 0 bridgehead atoms. The Morgan fingerprint density at radius 1 is 0.359 bits per heavy atom. The van der Waals surface area contributed by atoms with Gasteiger partial charge in [0.2, 0.25) is 5.91 Å². The van der Waals surface area contributed by atoms with Crippen molar-refractivity contribution in [2.45, 2.75) is 321 Å². The van der Waals surface area contributed by atoms with Gasteiger partial charge in [0.05, 0.1) is 18.8 Å². The summed E-state index contributed by atoms with van der Waals surface area (Å²) in [7, 11) is 0. The maximum atomic E-state index is 12.4. The van der Waals surface area contributed by atoms with Gasteiger partial charge in [-0.3, -0.25) is 4.79 Å². The maximum Gasteiger partial charge on any atom is 0.220 e. The highest BCUT2D eigenvalue weighted by Gasteiger charge is 2.18. The third-order valence-electron chi connectivity index (χ3n) is 13.3. The lowest BCUT2D eigenvalue weighted by Gasteiger charge is -2.19. The summed E-state index contributed by atoms with van der Waals surface area (Å²) in [5.41, 5.74) is 0. The number of hydrogen-bond donors (Lipinski definition) is 3. The summed E-state index contributed by atoms with van der Waals surface area (Å²) in [6, 6.07) is -0.644. The smallest absolute Gasteiger partial charge is 0.220 e. The molecule has 0 aromatic heterocycles. The van der Waals surface area contributed by atoms with Crippen LogP contribution in [-0.2, 0) is 4.79 Å². The lowest BCUT2D eigenvalue weighted by Crippen LogP contribution is -2.45. The standard InChI is InChI=1S/C60H113NO3/c1-3-5-7-9-11-13-15-17-18-19-20-21-22-23-24-25-26-27-28-29-30-31-32-33-34-35-36-37-38-39-40-41-42-44-46-48-50-52-54-56-60(64)61-58(57-62)59(63)55-53-51-49-47-45-43-16-14-12-10-8-6-4-2/h12,14,29-30,45,47,53,55,58-59,62-63H,3-11,13,15-28,31-44,46,48-52,54,56-57H2,1-2H3,(H,61,64)/b14-12+,30-29-,47-45+,55-53+. The molecule has 0 saturated heterocycles. The van der Waals surface area contributed by atoms with Crippen molar-refractivity contribution in [3.8, 4) is 0 Å². The van der Waals surface area contributed by atoms with Gasteiger partial charge in [0.1, 0.15) is 0 Å². The third kappa shape index (κ3) is 51.3. The van der Waals surface area contributed by atoms with Gasteiger partial charge < -0.3 is 15.5 Å². The van der Waals surface area contributed by atoms with Crippen LogP contribution >= 0.6 is 0 Å². The topological polar surface area (TPSA) is 69.6 Å². The van der Waals surface area contributed by atoms with E-state index in [0.29, 0.717) is 6.42 Å². The molecular formula is C60H113NO3. The average molecular weight is 897 g/mol. The number of aliphatic hydroxyl groups is 2. The van der Waals surface area contributed by atoms with Crippen LogP contribution in [0.25, 0.3) is 0 Å². The van der Waals surface area contributed by atoms with Gasteiger partial charge in [-0.2, -0.15) is 0 Å². The van der Waals surface area contributed by atoms with E-state index < -0.39 is 12.1 Å². The molecule has 4 heteroatoms. The number of allylic oxidation sites excluding steroid dienone is 7. The van der Waals surface area contributed by atoms with Crippen molar-refractivity contribution in [2.75, 3.05) is 6.61 Å². The van der Waals surface area contributed by atoms with Crippen LogP contribution in [0.4, 0.5) is 0 Å². The fraction of sp³-hybridized carbons (Fsp3) is 0.850. The molecular weight excluding hydrogens is 783 g/mol. The first-order valence-electron chi connectivity index (χ1n) is 28.9. The molecule has 376 valence electrons. The number of rotatable bonds is 53. The molecule has 0 aliphatic rings. The number of carbonyl (C=O) groups excluding carboxylic acids is 1. The number of carbonyl (C=O) groups is 1. The van der Waals surface area contributed by atoms with Crippen LogP contribution < -0.4 is 5.32 Å². The molecule has 0 saturated carbocycles. The number of nitrogens with one attached hydrogen (secondary N) is 1. The van der Waals surface area contributed by atoms with E-state index in [4.69, 9.17) is 0 Å². The Kier molecular flexibility index (Phi) is 54.2. The zero-order valence-electron chi connectivity index (χ0n) is 43.3. The molecule has 0 aromatic rings. The van der Waals surface area contributed by atoms with Crippen LogP contribution in [0, 0.1) is 0 Å². The molecule has 0 fully saturated rings. The van der Waals surface area contributed by atoms with Crippen LogP contribution in [-0.4, -0.2) is 34.9 Å². The van der Waals surface area contributed by atoms with Crippen LogP contribution in [0.1, 0.15) is 309 Å². The van der Waals surface area contributed by atoms with E-state index in [-0.39, 0.29) is 12.5 Å². The first kappa shape index (κ1) is 62.4. The summed E-state index contributed by atoms with van der Waals surface area (Å²) in [6.07, 6.45) is 77.3. The second kappa shape index (κ2) is 55.7. The van der Waals surface area contributed by atoms with Crippen LogP contribution in [0.15, 0.2) is 48.6 Å². The first-order valence-corrected chi connectivity index (χ1v) is 28.9.